The van der Waals surface area contributed by atoms with Gasteiger partial charge in [-0.3, -0.25) is 4.90 Å². The molecule has 3 rings (SSSR count). The number of hydrogen-bond donors (Lipinski definition) is 2. The first-order valence-electron chi connectivity index (χ1n) is 8.05. The van der Waals surface area contributed by atoms with Gasteiger partial charge in [-0.1, -0.05) is 37.1 Å². The average molecular weight is 274 g/mol. The third kappa shape index (κ3) is 2.90. The van der Waals surface area contributed by atoms with Gasteiger partial charge in [0, 0.05) is 25.2 Å². The molecule has 110 valence electrons. The van der Waals surface area contributed by atoms with Crippen molar-refractivity contribution in [1.29, 1.82) is 0 Å². The van der Waals surface area contributed by atoms with E-state index in [1.807, 2.05) is 0 Å². The molecular weight excluding hydrogens is 248 g/mol. The molecular formula is C17H26N2O. The van der Waals surface area contributed by atoms with E-state index in [2.05, 4.69) is 34.5 Å². The number of hydrogen-bond acceptors (Lipinski definition) is 3. The zero-order chi connectivity index (χ0) is 13.8. The fraction of sp³-hybridized carbons (Fsp3) is 0.647. The van der Waals surface area contributed by atoms with Crippen molar-refractivity contribution in [2.45, 2.75) is 50.7 Å². The Hall–Kier alpha value is -0.900. The molecule has 0 saturated heterocycles. The Labute approximate surface area is 122 Å². The van der Waals surface area contributed by atoms with Crippen LogP contribution in [0, 0.1) is 0 Å². The van der Waals surface area contributed by atoms with Crippen molar-refractivity contribution >= 4 is 0 Å². The van der Waals surface area contributed by atoms with Gasteiger partial charge >= 0.3 is 0 Å². The Bertz CT molecular complexity index is 429. The monoisotopic (exact) mass is 274 g/mol. The number of nitrogens with one attached hydrogen (secondary N) is 1. The maximum absolute atomic E-state index is 9.49. The summed E-state index contributed by atoms with van der Waals surface area (Å²) < 4.78 is 0. The van der Waals surface area contributed by atoms with E-state index in [4.69, 9.17) is 0 Å². The smallest absolute Gasteiger partial charge is 0.0558 e. The Morgan fingerprint density at radius 3 is 2.75 bits per heavy atom. The number of aliphatic hydroxyl groups is 1. The largest absolute Gasteiger partial charge is 0.395 e. The van der Waals surface area contributed by atoms with Crippen LogP contribution in [0.2, 0.25) is 0 Å². The highest BCUT2D eigenvalue weighted by Crippen LogP contribution is 2.35. The van der Waals surface area contributed by atoms with Crippen molar-refractivity contribution in [3.63, 3.8) is 0 Å². The van der Waals surface area contributed by atoms with Gasteiger partial charge in [-0.25, -0.2) is 0 Å². The maximum atomic E-state index is 9.49. The van der Waals surface area contributed by atoms with Crippen LogP contribution in [0.25, 0.3) is 0 Å². The molecule has 0 spiro atoms. The molecule has 0 radical (unpaired) electrons. The summed E-state index contributed by atoms with van der Waals surface area (Å²) in [5.41, 5.74) is 2.90. The lowest BCUT2D eigenvalue weighted by atomic mass is 9.96. The summed E-state index contributed by atoms with van der Waals surface area (Å²) in [6.07, 6.45) is 6.43. The van der Waals surface area contributed by atoms with Gasteiger partial charge < -0.3 is 10.4 Å². The number of benzene rings is 1. The Morgan fingerprint density at radius 1 is 1.15 bits per heavy atom. The Kier molecular flexibility index (Phi) is 4.71. The fourth-order valence-electron chi connectivity index (χ4n) is 3.93. The second-order valence-corrected chi connectivity index (χ2v) is 6.08. The molecule has 3 nitrogen and oxygen atoms in total. The summed E-state index contributed by atoms with van der Waals surface area (Å²) >= 11 is 0. The van der Waals surface area contributed by atoms with E-state index in [1.54, 1.807) is 0 Å². The molecule has 1 unspecified atom stereocenters. The van der Waals surface area contributed by atoms with Gasteiger partial charge in [-0.15, -0.1) is 0 Å². The lowest BCUT2D eigenvalue weighted by molar-refractivity contribution is 0.0996. The molecule has 0 aromatic heterocycles. The lowest BCUT2D eigenvalue weighted by Gasteiger charge is -2.36. The maximum Gasteiger partial charge on any atom is 0.0558 e. The highest BCUT2D eigenvalue weighted by molar-refractivity contribution is 5.31. The molecule has 3 heteroatoms. The molecule has 1 fully saturated rings. The van der Waals surface area contributed by atoms with Crippen LogP contribution in [0.1, 0.15) is 49.3 Å². The van der Waals surface area contributed by atoms with Gasteiger partial charge in [0.1, 0.15) is 0 Å². The van der Waals surface area contributed by atoms with Crippen molar-refractivity contribution in [2.75, 3.05) is 19.7 Å². The topological polar surface area (TPSA) is 35.5 Å². The van der Waals surface area contributed by atoms with Gasteiger partial charge in [-0.05, 0) is 36.9 Å². The molecule has 2 aliphatic rings. The van der Waals surface area contributed by atoms with E-state index in [-0.39, 0.29) is 6.61 Å². The van der Waals surface area contributed by atoms with Gasteiger partial charge in [0.15, 0.2) is 0 Å². The van der Waals surface area contributed by atoms with Crippen LogP contribution in [0.5, 0.6) is 0 Å². The first-order chi connectivity index (χ1) is 9.90. The molecule has 1 aromatic rings. The minimum absolute atomic E-state index is 0.266. The zero-order valence-corrected chi connectivity index (χ0v) is 12.2. The van der Waals surface area contributed by atoms with Crippen LogP contribution >= 0.6 is 0 Å². The third-order valence-corrected chi connectivity index (χ3v) is 4.88. The molecule has 1 aliphatic heterocycles. The highest BCUT2D eigenvalue weighted by atomic mass is 16.3. The van der Waals surface area contributed by atoms with Crippen molar-refractivity contribution in [3.05, 3.63) is 35.4 Å². The van der Waals surface area contributed by atoms with E-state index < -0.39 is 0 Å². The molecule has 1 atom stereocenters. The molecule has 1 heterocycles. The number of aliphatic hydroxyl groups excluding tert-OH is 1. The summed E-state index contributed by atoms with van der Waals surface area (Å²) in [5.74, 6) is 0. The Morgan fingerprint density at radius 2 is 1.95 bits per heavy atom. The minimum atomic E-state index is 0.266. The van der Waals surface area contributed by atoms with Crippen molar-refractivity contribution in [2.24, 2.45) is 0 Å². The number of fused-ring (bicyclic) bond motifs is 1. The van der Waals surface area contributed by atoms with Gasteiger partial charge in [0.2, 0.25) is 0 Å². The predicted octanol–water partition coefficient (Wildman–Crippen LogP) is 2.46. The van der Waals surface area contributed by atoms with Gasteiger partial charge in [-0.2, -0.15) is 0 Å². The predicted molar refractivity (Wildman–Crippen MR) is 81.6 cm³/mol. The SMILES string of the molecule is OCCN(C1CCCC1)C1CCNCc2ccccc21. The molecule has 0 bridgehead atoms. The van der Waals surface area contributed by atoms with Crippen molar-refractivity contribution in [3.8, 4) is 0 Å². The first-order valence-corrected chi connectivity index (χ1v) is 8.05. The summed E-state index contributed by atoms with van der Waals surface area (Å²) in [7, 11) is 0. The van der Waals surface area contributed by atoms with E-state index >= 15 is 0 Å². The summed E-state index contributed by atoms with van der Waals surface area (Å²) in [6, 6.07) is 9.95. The van der Waals surface area contributed by atoms with Crippen LogP contribution in [0.15, 0.2) is 24.3 Å². The summed E-state index contributed by atoms with van der Waals surface area (Å²) in [5, 5.41) is 13.0. The third-order valence-electron chi connectivity index (χ3n) is 4.88. The molecule has 1 saturated carbocycles. The molecule has 20 heavy (non-hydrogen) atoms. The van der Waals surface area contributed by atoms with Crippen LogP contribution in [-0.2, 0) is 6.54 Å². The standard InChI is InChI=1S/C17H26N2O/c20-12-11-19(15-6-2-3-7-15)17-9-10-18-13-14-5-1-4-8-16(14)17/h1,4-5,8,15,17-18,20H,2-3,6-7,9-13H2. The average Bonchev–Trinajstić information content (AvgIpc) is 2.92. The minimum Gasteiger partial charge on any atom is -0.395 e. The second-order valence-electron chi connectivity index (χ2n) is 6.08. The normalized spacial score (nSPS) is 23.8. The van der Waals surface area contributed by atoms with E-state index in [0.29, 0.717) is 12.1 Å². The van der Waals surface area contributed by atoms with Gasteiger partial charge in [0.25, 0.3) is 0 Å². The van der Waals surface area contributed by atoms with Crippen molar-refractivity contribution in [1.82, 2.24) is 10.2 Å². The molecule has 1 aromatic carbocycles. The molecule has 1 aliphatic carbocycles. The highest BCUT2D eigenvalue weighted by Gasteiger charge is 2.30. The summed E-state index contributed by atoms with van der Waals surface area (Å²) in [4.78, 5) is 2.58. The molecule has 2 N–H and O–H groups in total. The lowest BCUT2D eigenvalue weighted by Crippen LogP contribution is -2.39. The number of nitrogens with zero attached hydrogens (tertiary/aromatic N) is 1. The van der Waals surface area contributed by atoms with E-state index in [1.165, 1.54) is 36.8 Å². The second kappa shape index (κ2) is 6.70. The molecule has 0 amide bonds. The fourth-order valence-corrected chi connectivity index (χ4v) is 3.93. The van der Waals surface area contributed by atoms with Crippen LogP contribution in [0.4, 0.5) is 0 Å². The van der Waals surface area contributed by atoms with Crippen molar-refractivity contribution < 1.29 is 5.11 Å². The van der Waals surface area contributed by atoms with Crippen LogP contribution < -0.4 is 5.32 Å². The Balaban J connectivity index is 1.88. The van der Waals surface area contributed by atoms with E-state index in [0.717, 1.165) is 26.1 Å². The first kappa shape index (κ1) is 14.1. The summed E-state index contributed by atoms with van der Waals surface area (Å²) in [6.45, 7) is 3.12. The van der Waals surface area contributed by atoms with Crippen LogP contribution in [-0.4, -0.2) is 35.7 Å². The van der Waals surface area contributed by atoms with Gasteiger partial charge in [0.05, 0.1) is 6.61 Å². The van der Waals surface area contributed by atoms with E-state index in [9.17, 15) is 5.11 Å². The zero-order valence-electron chi connectivity index (χ0n) is 12.2. The van der Waals surface area contributed by atoms with Crippen LogP contribution in [0.3, 0.4) is 0 Å². The quantitative estimate of drug-likeness (QED) is 0.885. The number of rotatable bonds is 4.